The molecule has 0 atom stereocenters. The Bertz CT molecular complexity index is 772. The van der Waals surface area contributed by atoms with Gasteiger partial charge < -0.3 is 15.5 Å². The molecule has 0 fully saturated rings. The SMILES string of the molecule is COCCN=C(N)SCc1nc2sc3c(c2c(=O)[nH]1)CCC3.Cl. The fourth-order valence-electron chi connectivity index (χ4n) is 2.55. The molecule has 1 aliphatic rings. The van der Waals surface area contributed by atoms with E-state index < -0.39 is 0 Å². The topological polar surface area (TPSA) is 93.4 Å². The van der Waals surface area contributed by atoms with Crippen molar-refractivity contribution >= 4 is 50.9 Å². The van der Waals surface area contributed by atoms with Crippen molar-refractivity contribution in [2.75, 3.05) is 20.3 Å². The molecule has 0 aliphatic heterocycles. The molecule has 2 heterocycles. The van der Waals surface area contributed by atoms with Crippen LogP contribution in [0.3, 0.4) is 0 Å². The Hall–Kier alpha value is -1.09. The second-order valence-electron chi connectivity index (χ2n) is 5.05. The number of methoxy groups -OCH3 is 1. The van der Waals surface area contributed by atoms with E-state index in [1.807, 2.05) is 0 Å². The van der Waals surface area contributed by atoms with Crippen LogP contribution in [0.4, 0.5) is 0 Å². The number of fused-ring (bicyclic) bond motifs is 3. The average Bonchev–Trinajstić information content (AvgIpc) is 3.05. The van der Waals surface area contributed by atoms with Gasteiger partial charge in [0.25, 0.3) is 5.56 Å². The van der Waals surface area contributed by atoms with Crippen LogP contribution in [0.15, 0.2) is 9.79 Å². The van der Waals surface area contributed by atoms with E-state index in [-0.39, 0.29) is 18.0 Å². The molecule has 6 nitrogen and oxygen atoms in total. The van der Waals surface area contributed by atoms with Crippen molar-refractivity contribution in [3.8, 4) is 0 Å². The number of aliphatic imine (C=N–C) groups is 1. The van der Waals surface area contributed by atoms with Gasteiger partial charge in [-0.1, -0.05) is 11.8 Å². The number of hydrogen-bond acceptors (Lipinski definition) is 6. The zero-order valence-corrected chi connectivity index (χ0v) is 15.2. The minimum absolute atomic E-state index is 0. The van der Waals surface area contributed by atoms with Crippen LogP contribution in [0.5, 0.6) is 0 Å². The van der Waals surface area contributed by atoms with Crippen molar-refractivity contribution in [2.45, 2.75) is 25.0 Å². The molecule has 126 valence electrons. The maximum atomic E-state index is 12.3. The highest BCUT2D eigenvalue weighted by atomic mass is 35.5. The lowest BCUT2D eigenvalue weighted by Crippen LogP contribution is -2.13. The largest absolute Gasteiger partial charge is 0.383 e. The standard InChI is InChI=1S/C14H18N4O2S2.ClH/c1-20-6-5-16-14(15)21-7-10-17-12(19)11-8-3-2-4-9(8)22-13(11)18-10;/h2-7H2,1H3,(H2,15,16)(H,17,18,19);1H. The van der Waals surface area contributed by atoms with Crippen molar-refractivity contribution in [3.05, 3.63) is 26.6 Å². The lowest BCUT2D eigenvalue weighted by molar-refractivity contribution is 0.208. The molecule has 0 aromatic carbocycles. The Morgan fingerprint density at radius 2 is 2.35 bits per heavy atom. The third-order valence-corrected chi connectivity index (χ3v) is 5.57. The van der Waals surface area contributed by atoms with Crippen LogP contribution in [-0.4, -0.2) is 35.4 Å². The Labute approximate surface area is 148 Å². The van der Waals surface area contributed by atoms with Gasteiger partial charge >= 0.3 is 0 Å². The molecule has 0 bridgehead atoms. The molecule has 0 unspecified atom stereocenters. The number of rotatable bonds is 5. The smallest absolute Gasteiger partial charge is 0.259 e. The second-order valence-corrected chi connectivity index (χ2v) is 7.13. The molecular formula is C14H19ClN4O2S2. The van der Waals surface area contributed by atoms with Gasteiger partial charge in [-0.25, -0.2) is 4.98 Å². The first kappa shape index (κ1) is 18.3. The highest BCUT2D eigenvalue weighted by Crippen LogP contribution is 2.34. The van der Waals surface area contributed by atoms with Crippen molar-refractivity contribution in [1.29, 1.82) is 0 Å². The van der Waals surface area contributed by atoms with Gasteiger partial charge in [-0.15, -0.1) is 23.7 Å². The molecule has 0 saturated carbocycles. The first-order chi connectivity index (χ1) is 10.7. The average molecular weight is 375 g/mol. The molecule has 3 N–H and O–H groups in total. The summed E-state index contributed by atoms with van der Waals surface area (Å²) in [5.41, 5.74) is 6.98. The van der Waals surface area contributed by atoms with Gasteiger partial charge in [-0.05, 0) is 24.8 Å². The predicted octanol–water partition coefficient (Wildman–Crippen LogP) is 2.09. The number of aryl methyl sites for hydroxylation is 2. The zero-order valence-electron chi connectivity index (χ0n) is 12.8. The van der Waals surface area contributed by atoms with Crippen molar-refractivity contribution in [1.82, 2.24) is 9.97 Å². The number of aromatic amines is 1. The van der Waals surface area contributed by atoms with Gasteiger partial charge in [0, 0.05) is 12.0 Å². The predicted molar refractivity (Wildman–Crippen MR) is 99.2 cm³/mol. The van der Waals surface area contributed by atoms with E-state index in [0.29, 0.717) is 29.9 Å². The monoisotopic (exact) mass is 374 g/mol. The van der Waals surface area contributed by atoms with E-state index in [4.69, 9.17) is 10.5 Å². The quantitative estimate of drug-likeness (QED) is 0.475. The number of nitrogens with two attached hydrogens (primary N) is 1. The summed E-state index contributed by atoms with van der Waals surface area (Å²) < 4.78 is 4.92. The van der Waals surface area contributed by atoms with E-state index in [9.17, 15) is 4.79 Å². The van der Waals surface area contributed by atoms with Crippen molar-refractivity contribution < 1.29 is 4.74 Å². The summed E-state index contributed by atoms with van der Waals surface area (Å²) in [5.74, 6) is 1.16. The summed E-state index contributed by atoms with van der Waals surface area (Å²) in [5, 5.41) is 1.27. The summed E-state index contributed by atoms with van der Waals surface area (Å²) in [6.45, 7) is 1.08. The molecule has 1 aliphatic carbocycles. The minimum atomic E-state index is -0.0325. The number of ether oxygens (including phenoxy) is 1. The van der Waals surface area contributed by atoms with Crippen LogP contribution in [-0.2, 0) is 23.3 Å². The van der Waals surface area contributed by atoms with Crippen LogP contribution in [0, 0.1) is 0 Å². The molecule has 0 radical (unpaired) electrons. The molecule has 2 aromatic heterocycles. The molecular weight excluding hydrogens is 356 g/mol. The Morgan fingerprint density at radius 1 is 1.52 bits per heavy atom. The molecule has 0 amide bonds. The van der Waals surface area contributed by atoms with E-state index in [1.165, 1.54) is 22.2 Å². The fraction of sp³-hybridized carbons (Fsp3) is 0.500. The summed E-state index contributed by atoms with van der Waals surface area (Å²) in [7, 11) is 1.63. The summed E-state index contributed by atoms with van der Waals surface area (Å²) in [6.07, 6.45) is 3.20. The van der Waals surface area contributed by atoms with Crippen LogP contribution in [0.2, 0.25) is 0 Å². The Balaban J connectivity index is 0.00000192. The zero-order chi connectivity index (χ0) is 15.5. The third-order valence-electron chi connectivity index (χ3n) is 3.54. The number of amidine groups is 1. The molecule has 3 rings (SSSR count). The number of H-pyrrole nitrogens is 1. The number of halogens is 1. The van der Waals surface area contributed by atoms with E-state index in [1.54, 1.807) is 18.4 Å². The van der Waals surface area contributed by atoms with Gasteiger partial charge in [0.05, 0.1) is 24.3 Å². The number of thiophene rings is 1. The second kappa shape index (κ2) is 8.14. The Kier molecular flexibility index (Phi) is 6.46. The van der Waals surface area contributed by atoms with E-state index >= 15 is 0 Å². The number of nitrogens with zero attached hydrogens (tertiary/aromatic N) is 2. The lowest BCUT2D eigenvalue weighted by atomic mass is 10.2. The maximum absolute atomic E-state index is 12.3. The molecule has 23 heavy (non-hydrogen) atoms. The Morgan fingerprint density at radius 3 is 3.13 bits per heavy atom. The van der Waals surface area contributed by atoms with Crippen molar-refractivity contribution in [3.63, 3.8) is 0 Å². The van der Waals surface area contributed by atoms with Gasteiger partial charge in [0.1, 0.15) is 10.7 Å². The number of nitrogens with one attached hydrogen (secondary N) is 1. The van der Waals surface area contributed by atoms with Crippen LogP contribution in [0.25, 0.3) is 10.2 Å². The normalized spacial score (nSPS) is 14.0. The summed E-state index contributed by atoms with van der Waals surface area (Å²) in [6, 6.07) is 0. The van der Waals surface area contributed by atoms with Gasteiger partial charge in [-0.3, -0.25) is 9.79 Å². The van der Waals surface area contributed by atoms with Crippen molar-refractivity contribution in [2.24, 2.45) is 10.7 Å². The third kappa shape index (κ3) is 4.06. The first-order valence-electron chi connectivity index (χ1n) is 7.14. The molecule has 2 aromatic rings. The summed E-state index contributed by atoms with van der Waals surface area (Å²) >= 11 is 3.02. The maximum Gasteiger partial charge on any atom is 0.259 e. The van der Waals surface area contributed by atoms with E-state index in [0.717, 1.165) is 29.5 Å². The highest BCUT2D eigenvalue weighted by molar-refractivity contribution is 8.13. The molecule has 0 spiro atoms. The molecule has 9 heteroatoms. The molecule has 0 saturated heterocycles. The van der Waals surface area contributed by atoms with Gasteiger partial charge in [-0.2, -0.15) is 0 Å². The van der Waals surface area contributed by atoms with Crippen LogP contribution >= 0.6 is 35.5 Å². The van der Waals surface area contributed by atoms with Gasteiger partial charge in [0.2, 0.25) is 0 Å². The van der Waals surface area contributed by atoms with Gasteiger partial charge in [0.15, 0.2) is 5.17 Å². The fourth-order valence-corrected chi connectivity index (χ4v) is 4.44. The lowest BCUT2D eigenvalue weighted by Gasteiger charge is -2.02. The first-order valence-corrected chi connectivity index (χ1v) is 8.94. The van der Waals surface area contributed by atoms with E-state index in [2.05, 4.69) is 15.0 Å². The number of aromatic nitrogens is 2. The number of thioether (sulfide) groups is 1. The van der Waals surface area contributed by atoms with Crippen LogP contribution < -0.4 is 11.3 Å². The van der Waals surface area contributed by atoms with Crippen LogP contribution in [0.1, 0.15) is 22.7 Å². The number of hydrogen-bond donors (Lipinski definition) is 2. The summed E-state index contributed by atoms with van der Waals surface area (Å²) in [4.78, 5) is 26.1. The minimum Gasteiger partial charge on any atom is -0.383 e. The highest BCUT2D eigenvalue weighted by Gasteiger charge is 2.21.